The Kier molecular flexibility index (Phi) is 11.3. The number of rotatable bonds is 13. The fourth-order valence-electron chi connectivity index (χ4n) is 3.06. The molecule has 0 radical (unpaired) electrons. The zero-order valence-corrected chi connectivity index (χ0v) is 17.9. The van der Waals surface area contributed by atoms with E-state index in [9.17, 15) is 8.78 Å². The van der Waals surface area contributed by atoms with E-state index in [4.69, 9.17) is 0 Å². The molecule has 0 spiro atoms. The number of pyridine rings is 1. The summed E-state index contributed by atoms with van der Waals surface area (Å²) in [5.41, 5.74) is 2.52. The van der Waals surface area contributed by atoms with Crippen LogP contribution in [-0.2, 0) is 0 Å². The minimum atomic E-state index is -0.678. The third-order valence-electron chi connectivity index (χ3n) is 4.88. The molecular weight excluding hydrogens is 360 g/mol. The summed E-state index contributed by atoms with van der Waals surface area (Å²) in [6.07, 6.45) is 7.47. The molecule has 7 heteroatoms. The third kappa shape index (κ3) is 6.86. The van der Waals surface area contributed by atoms with Gasteiger partial charge in [0.25, 0.3) is 0 Å². The van der Waals surface area contributed by atoms with Crippen molar-refractivity contribution >= 4 is 17.6 Å². The molecule has 5 nitrogen and oxygen atoms in total. The lowest BCUT2D eigenvalue weighted by molar-refractivity contribution is 0.350. The van der Waals surface area contributed by atoms with Gasteiger partial charge in [0.1, 0.15) is 18.8 Å². The lowest BCUT2D eigenvalue weighted by Gasteiger charge is -2.27. The van der Waals surface area contributed by atoms with E-state index in [1.165, 1.54) is 0 Å². The highest BCUT2D eigenvalue weighted by Gasteiger charge is 2.19. The van der Waals surface area contributed by atoms with Crippen LogP contribution in [0.25, 0.3) is 5.70 Å². The van der Waals surface area contributed by atoms with E-state index in [1.807, 2.05) is 31.2 Å². The van der Waals surface area contributed by atoms with Crippen molar-refractivity contribution in [2.45, 2.75) is 40.0 Å². The van der Waals surface area contributed by atoms with E-state index in [2.05, 4.69) is 29.1 Å². The Hall–Kier alpha value is -2.02. The van der Waals surface area contributed by atoms with Crippen LogP contribution in [0.15, 0.2) is 23.6 Å². The van der Waals surface area contributed by atoms with Crippen LogP contribution in [0.2, 0.25) is 0 Å². The smallest absolute Gasteiger partial charge is 0.141 e. The molecule has 1 aromatic heterocycles. The lowest BCUT2D eigenvalue weighted by Crippen LogP contribution is -2.30. The van der Waals surface area contributed by atoms with Gasteiger partial charge in [-0.15, -0.1) is 0 Å². The zero-order valence-electron chi connectivity index (χ0n) is 17.9. The summed E-state index contributed by atoms with van der Waals surface area (Å²) < 4.78 is 26.2. The number of hydrogen-bond acceptors (Lipinski definition) is 5. The van der Waals surface area contributed by atoms with Crippen LogP contribution in [0.4, 0.5) is 14.5 Å². The Balaban J connectivity index is 3.23. The number of nitrogens with zero attached hydrogens (tertiary/aromatic N) is 4. The van der Waals surface area contributed by atoms with Crippen molar-refractivity contribution in [3.8, 4) is 0 Å². The van der Waals surface area contributed by atoms with Crippen molar-refractivity contribution in [1.82, 2.24) is 15.2 Å². The number of halogens is 2. The molecule has 0 saturated carbocycles. The maximum atomic E-state index is 13.8. The molecule has 0 saturated heterocycles. The highest BCUT2D eigenvalue weighted by Crippen LogP contribution is 2.29. The molecule has 0 bridgehead atoms. The van der Waals surface area contributed by atoms with Crippen molar-refractivity contribution in [2.75, 3.05) is 45.6 Å². The van der Waals surface area contributed by atoms with Gasteiger partial charge in [0, 0.05) is 45.2 Å². The van der Waals surface area contributed by atoms with E-state index in [0.29, 0.717) is 23.6 Å². The summed E-state index contributed by atoms with van der Waals surface area (Å²) in [6, 6.07) is 1.89. The Morgan fingerprint density at radius 1 is 1.32 bits per heavy atom. The first-order valence-corrected chi connectivity index (χ1v) is 10.0. The van der Waals surface area contributed by atoms with Gasteiger partial charge >= 0.3 is 0 Å². The summed E-state index contributed by atoms with van der Waals surface area (Å²) in [5.74, 6) is 0.578. The molecule has 1 unspecified atom stereocenters. The number of hydrogen-bond donors (Lipinski definition) is 1. The van der Waals surface area contributed by atoms with Gasteiger partial charge in [-0.1, -0.05) is 26.7 Å². The van der Waals surface area contributed by atoms with E-state index in [-0.39, 0.29) is 6.67 Å². The normalized spacial score (nSPS) is 13.2. The monoisotopic (exact) mass is 395 g/mol. The average molecular weight is 396 g/mol. The topological polar surface area (TPSA) is 43.8 Å². The summed E-state index contributed by atoms with van der Waals surface area (Å²) in [5, 5.41) is 2.56. The second-order valence-electron chi connectivity index (χ2n) is 6.90. The van der Waals surface area contributed by atoms with Crippen LogP contribution in [0.1, 0.15) is 51.3 Å². The SMILES string of the molecule is CCCC(CC)C/N=C\c1ccnc(/C(=C/F)N(C)CNCF)c1N(C)CC. The van der Waals surface area contributed by atoms with Crippen molar-refractivity contribution < 1.29 is 8.78 Å². The molecule has 1 atom stereocenters. The van der Waals surface area contributed by atoms with Crippen LogP contribution >= 0.6 is 0 Å². The van der Waals surface area contributed by atoms with Gasteiger partial charge in [-0.25, -0.2) is 8.78 Å². The predicted octanol–water partition coefficient (Wildman–Crippen LogP) is 4.46. The second-order valence-corrected chi connectivity index (χ2v) is 6.90. The first-order chi connectivity index (χ1) is 13.5. The van der Waals surface area contributed by atoms with Gasteiger partial charge in [0.05, 0.1) is 18.1 Å². The molecule has 1 aromatic rings. The standard InChI is InChI=1S/C21H35F2N5/c1-6-9-17(7-2)13-24-14-18-10-11-26-20(21(18)27(4)8-3)19(12-22)28(5)16-25-15-23/h10-12,14,17,25H,6-9,13,15-16H2,1-5H3/b19-12-,24-14-. The summed E-state index contributed by atoms with van der Waals surface area (Å²) in [6.45, 7) is 7.42. The molecule has 0 aliphatic heterocycles. The van der Waals surface area contributed by atoms with E-state index in [1.54, 1.807) is 18.1 Å². The summed E-state index contributed by atoms with van der Waals surface area (Å²) in [4.78, 5) is 12.7. The Bertz CT molecular complexity index is 633. The Morgan fingerprint density at radius 3 is 2.64 bits per heavy atom. The molecule has 1 rings (SSSR count). The van der Waals surface area contributed by atoms with Crippen molar-refractivity contribution in [1.29, 1.82) is 0 Å². The predicted molar refractivity (Wildman–Crippen MR) is 115 cm³/mol. The van der Waals surface area contributed by atoms with Crippen LogP contribution < -0.4 is 10.2 Å². The van der Waals surface area contributed by atoms with Crippen LogP contribution in [0.5, 0.6) is 0 Å². The minimum Gasteiger partial charge on any atom is -0.373 e. The van der Waals surface area contributed by atoms with E-state index < -0.39 is 6.80 Å². The summed E-state index contributed by atoms with van der Waals surface area (Å²) >= 11 is 0. The van der Waals surface area contributed by atoms with Crippen molar-refractivity contribution in [3.63, 3.8) is 0 Å². The molecule has 0 fully saturated rings. The molecule has 0 aromatic carbocycles. The molecule has 1 heterocycles. The average Bonchev–Trinajstić information content (AvgIpc) is 2.71. The lowest BCUT2D eigenvalue weighted by atomic mass is 10.0. The minimum absolute atomic E-state index is 0.177. The molecule has 0 aliphatic carbocycles. The van der Waals surface area contributed by atoms with Gasteiger partial charge in [0.2, 0.25) is 0 Å². The number of nitrogens with one attached hydrogen (secondary N) is 1. The number of aromatic nitrogens is 1. The number of alkyl halides is 1. The molecular formula is C21H35F2N5. The first-order valence-electron chi connectivity index (χ1n) is 10.0. The molecule has 28 heavy (non-hydrogen) atoms. The van der Waals surface area contributed by atoms with Crippen LogP contribution in [0, 0.1) is 5.92 Å². The molecule has 0 amide bonds. The van der Waals surface area contributed by atoms with Gasteiger partial charge in [-0.05, 0) is 25.3 Å². The maximum absolute atomic E-state index is 13.8. The van der Waals surface area contributed by atoms with Crippen LogP contribution in [-0.4, -0.2) is 56.8 Å². The van der Waals surface area contributed by atoms with Crippen LogP contribution in [0.3, 0.4) is 0 Å². The highest BCUT2D eigenvalue weighted by molar-refractivity contribution is 5.92. The summed E-state index contributed by atoms with van der Waals surface area (Å²) in [7, 11) is 3.64. The zero-order chi connectivity index (χ0) is 20.9. The number of anilines is 1. The van der Waals surface area contributed by atoms with Crippen molar-refractivity contribution in [2.24, 2.45) is 10.9 Å². The molecule has 0 aliphatic rings. The Morgan fingerprint density at radius 2 is 2.07 bits per heavy atom. The maximum Gasteiger partial charge on any atom is 0.141 e. The number of aliphatic imine (C=N–C) groups is 1. The third-order valence-corrected chi connectivity index (χ3v) is 4.88. The second kappa shape index (κ2) is 13.2. The quantitative estimate of drug-likeness (QED) is 0.304. The largest absolute Gasteiger partial charge is 0.373 e. The van der Waals surface area contributed by atoms with E-state index >= 15 is 0 Å². The fraction of sp³-hybridized carbons (Fsp3) is 0.619. The molecule has 1 N–H and O–H groups in total. The van der Waals surface area contributed by atoms with Gasteiger partial charge < -0.3 is 9.80 Å². The van der Waals surface area contributed by atoms with E-state index in [0.717, 1.165) is 43.6 Å². The van der Waals surface area contributed by atoms with Gasteiger partial charge in [-0.2, -0.15) is 0 Å². The highest BCUT2D eigenvalue weighted by atomic mass is 19.1. The molecule has 158 valence electrons. The van der Waals surface area contributed by atoms with Gasteiger partial charge in [0.15, 0.2) is 0 Å². The van der Waals surface area contributed by atoms with Gasteiger partial charge in [-0.3, -0.25) is 15.3 Å². The fourth-order valence-corrected chi connectivity index (χ4v) is 3.06. The first kappa shape index (κ1) is 24.0. The van der Waals surface area contributed by atoms with Crippen molar-refractivity contribution in [3.05, 3.63) is 29.9 Å². The Labute approximate surface area is 168 Å².